The van der Waals surface area contributed by atoms with Gasteiger partial charge in [-0.3, -0.25) is 9.59 Å². The number of carbonyl (C=O) groups excluding carboxylic acids is 2. The highest BCUT2D eigenvalue weighted by Gasteiger charge is 2.25. The van der Waals surface area contributed by atoms with Gasteiger partial charge in [0.15, 0.2) is 5.69 Å². The molecule has 2 amide bonds. The standard InChI is InChI=1S/C16H23N3O5/c1-9(2)7-11(16(22)23)18-13(20)8-17-15(21)14-10-5-3-4-6-12(10)24-19-14/h9,11H,3-8H2,1-2H3,(H,17,21)(H,18,20)(H,22,23)/t11-/m0/s1. The second-order valence-electron chi connectivity index (χ2n) is 6.41. The van der Waals surface area contributed by atoms with Crippen LogP contribution in [0.5, 0.6) is 0 Å². The summed E-state index contributed by atoms with van der Waals surface area (Å²) in [5.74, 6) is -1.25. The van der Waals surface area contributed by atoms with Crippen molar-refractivity contribution in [2.45, 2.75) is 52.0 Å². The minimum Gasteiger partial charge on any atom is -0.480 e. The number of hydrogen-bond acceptors (Lipinski definition) is 5. The third-order valence-electron chi connectivity index (χ3n) is 3.92. The summed E-state index contributed by atoms with van der Waals surface area (Å²) in [4.78, 5) is 35.2. The van der Waals surface area contributed by atoms with Crippen molar-refractivity contribution in [1.82, 2.24) is 15.8 Å². The molecule has 0 fully saturated rings. The van der Waals surface area contributed by atoms with E-state index < -0.39 is 23.8 Å². The van der Waals surface area contributed by atoms with Gasteiger partial charge in [0, 0.05) is 12.0 Å². The number of amides is 2. The van der Waals surface area contributed by atoms with Gasteiger partial charge in [-0.05, 0) is 31.6 Å². The van der Waals surface area contributed by atoms with E-state index in [-0.39, 0.29) is 18.2 Å². The van der Waals surface area contributed by atoms with Gasteiger partial charge < -0.3 is 20.3 Å². The van der Waals surface area contributed by atoms with E-state index in [9.17, 15) is 14.4 Å². The van der Waals surface area contributed by atoms with Gasteiger partial charge in [-0.2, -0.15) is 0 Å². The highest BCUT2D eigenvalue weighted by Crippen LogP contribution is 2.23. The quantitative estimate of drug-likeness (QED) is 0.679. The minimum absolute atomic E-state index is 0.127. The molecule has 0 saturated heterocycles. The molecule has 0 aliphatic heterocycles. The Hall–Kier alpha value is -2.38. The van der Waals surface area contributed by atoms with Crippen molar-refractivity contribution in [1.29, 1.82) is 0 Å². The van der Waals surface area contributed by atoms with Gasteiger partial charge in [0.25, 0.3) is 5.91 Å². The average Bonchev–Trinajstić information content (AvgIpc) is 2.95. The van der Waals surface area contributed by atoms with Gasteiger partial charge >= 0.3 is 5.97 Å². The van der Waals surface area contributed by atoms with E-state index in [1.165, 1.54) is 0 Å². The molecular weight excluding hydrogens is 314 g/mol. The van der Waals surface area contributed by atoms with E-state index in [0.29, 0.717) is 6.42 Å². The van der Waals surface area contributed by atoms with Crippen LogP contribution in [0.2, 0.25) is 0 Å². The molecule has 2 rings (SSSR count). The average molecular weight is 337 g/mol. The first-order valence-electron chi connectivity index (χ1n) is 8.16. The molecule has 0 unspecified atom stereocenters. The highest BCUT2D eigenvalue weighted by molar-refractivity contribution is 5.96. The van der Waals surface area contributed by atoms with Gasteiger partial charge in [0.1, 0.15) is 11.8 Å². The molecule has 1 aliphatic carbocycles. The van der Waals surface area contributed by atoms with Gasteiger partial charge in [0.05, 0.1) is 6.54 Å². The second kappa shape index (κ2) is 7.94. The number of rotatable bonds is 7. The number of hydrogen-bond donors (Lipinski definition) is 3. The van der Waals surface area contributed by atoms with Crippen molar-refractivity contribution in [2.75, 3.05) is 6.54 Å². The maximum Gasteiger partial charge on any atom is 0.326 e. The number of fused-ring (bicyclic) bond motifs is 1. The molecule has 0 spiro atoms. The Morgan fingerprint density at radius 1 is 1.25 bits per heavy atom. The fourth-order valence-corrected chi connectivity index (χ4v) is 2.75. The summed E-state index contributed by atoms with van der Waals surface area (Å²) in [7, 11) is 0. The Labute approximate surface area is 140 Å². The third-order valence-corrected chi connectivity index (χ3v) is 3.92. The summed E-state index contributed by atoms with van der Waals surface area (Å²) in [5.41, 5.74) is 1.02. The van der Waals surface area contributed by atoms with Crippen molar-refractivity contribution in [2.24, 2.45) is 5.92 Å². The molecule has 8 nitrogen and oxygen atoms in total. The van der Waals surface area contributed by atoms with Crippen LogP contribution in [0.1, 0.15) is 54.9 Å². The number of carboxylic acid groups (broad SMARTS) is 1. The fourth-order valence-electron chi connectivity index (χ4n) is 2.75. The predicted octanol–water partition coefficient (Wildman–Crippen LogP) is 0.899. The van der Waals surface area contributed by atoms with Gasteiger partial charge in [-0.15, -0.1) is 0 Å². The second-order valence-corrected chi connectivity index (χ2v) is 6.41. The smallest absolute Gasteiger partial charge is 0.326 e. The van der Waals surface area contributed by atoms with E-state index >= 15 is 0 Å². The third kappa shape index (κ3) is 4.56. The lowest BCUT2D eigenvalue weighted by Crippen LogP contribution is -2.46. The number of nitrogens with one attached hydrogen (secondary N) is 2. The number of carboxylic acids is 1. The molecule has 1 heterocycles. The molecular formula is C16H23N3O5. The molecule has 1 aromatic rings. The van der Waals surface area contributed by atoms with E-state index in [2.05, 4.69) is 15.8 Å². The van der Waals surface area contributed by atoms with Crippen molar-refractivity contribution < 1.29 is 24.0 Å². The molecule has 1 aliphatic rings. The van der Waals surface area contributed by atoms with Crippen molar-refractivity contribution in [3.63, 3.8) is 0 Å². The number of aliphatic carboxylic acids is 1. The van der Waals surface area contributed by atoms with Crippen LogP contribution in [0.15, 0.2) is 4.52 Å². The summed E-state index contributed by atoms with van der Waals surface area (Å²) in [5, 5.41) is 17.8. The Morgan fingerprint density at radius 2 is 1.96 bits per heavy atom. The molecule has 132 valence electrons. The molecule has 0 aromatic carbocycles. The lowest BCUT2D eigenvalue weighted by atomic mass is 9.96. The van der Waals surface area contributed by atoms with Crippen LogP contribution in [-0.4, -0.2) is 40.6 Å². The zero-order valence-electron chi connectivity index (χ0n) is 13.9. The first kappa shape index (κ1) is 18.0. The van der Waals surface area contributed by atoms with Crippen molar-refractivity contribution in [3.8, 4) is 0 Å². The minimum atomic E-state index is -1.09. The van der Waals surface area contributed by atoms with E-state index in [4.69, 9.17) is 9.63 Å². The van der Waals surface area contributed by atoms with Crippen LogP contribution in [0, 0.1) is 5.92 Å². The van der Waals surface area contributed by atoms with Gasteiger partial charge in [-0.25, -0.2) is 4.79 Å². The topological polar surface area (TPSA) is 122 Å². The largest absolute Gasteiger partial charge is 0.480 e. The Bertz CT molecular complexity index is 623. The molecule has 1 aromatic heterocycles. The first-order valence-corrected chi connectivity index (χ1v) is 8.16. The zero-order valence-corrected chi connectivity index (χ0v) is 13.9. The SMILES string of the molecule is CC(C)C[C@H](NC(=O)CNC(=O)c1noc2c1CCCC2)C(=O)O. The van der Waals surface area contributed by atoms with E-state index in [1.54, 1.807) is 0 Å². The zero-order chi connectivity index (χ0) is 17.7. The molecule has 0 bridgehead atoms. The lowest BCUT2D eigenvalue weighted by molar-refractivity contribution is -0.142. The molecule has 3 N–H and O–H groups in total. The molecule has 1 atom stereocenters. The highest BCUT2D eigenvalue weighted by atomic mass is 16.5. The van der Waals surface area contributed by atoms with E-state index in [0.717, 1.165) is 37.0 Å². The maximum atomic E-state index is 12.1. The monoisotopic (exact) mass is 337 g/mol. The summed E-state index contributed by atoms with van der Waals surface area (Å²) < 4.78 is 5.17. The summed E-state index contributed by atoms with van der Waals surface area (Å²) in [6.45, 7) is 3.44. The van der Waals surface area contributed by atoms with Gasteiger partial charge in [0.2, 0.25) is 5.91 Å². The van der Waals surface area contributed by atoms with E-state index in [1.807, 2.05) is 13.8 Å². The summed E-state index contributed by atoms with van der Waals surface area (Å²) >= 11 is 0. The Balaban J connectivity index is 1.88. The van der Waals surface area contributed by atoms with Crippen LogP contribution in [-0.2, 0) is 22.4 Å². The molecule has 0 saturated carbocycles. The van der Waals surface area contributed by atoms with Crippen LogP contribution in [0.25, 0.3) is 0 Å². The predicted molar refractivity (Wildman–Crippen MR) is 84.5 cm³/mol. The first-order chi connectivity index (χ1) is 11.4. The maximum absolute atomic E-state index is 12.1. The molecule has 0 radical (unpaired) electrons. The number of carbonyl (C=O) groups is 3. The lowest BCUT2D eigenvalue weighted by Gasteiger charge is -2.16. The Kier molecular flexibility index (Phi) is 5.94. The van der Waals surface area contributed by atoms with Crippen molar-refractivity contribution in [3.05, 3.63) is 17.0 Å². The normalized spacial score (nSPS) is 14.8. The fraction of sp³-hybridized carbons (Fsp3) is 0.625. The van der Waals surface area contributed by atoms with Crippen LogP contribution in [0.4, 0.5) is 0 Å². The van der Waals surface area contributed by atoms with Gasteiger partial charge in [-0.1, -0.05) is 19.0 Å². The number of aromatic nitrogens is 1. The summed E-state index contributed by atoms with van der Waals surface area (Å²) in [6, 6.07) is -0.964. The molecule has 24 heavy (non-hydrogen) atoms. The number of aryl methyl sites for hydroxylation is 1. The van der Waals surface area contributed by atoms with Crippen molar-refractivity contribution >= 4 is 17.8 Å². The summed E-state index contributed by atoms with van der Waals surface area (Å²) in [6.07, 6.45) is 3.82. The number of nitrogens with zero attached hydrogens (tertiary/aromatic N) is 1. The van der Waals surface area contributed by atoms with Crippen LogP contribution >= 0.6 is 0 Å². The molecule has 8 heteroatoms. The Morgan fingerprint density at radius 3 is 2.62 bits per heavy atom. The van der Waals surface area contributed by atoms with Crippen LogP contribution < -0.4 is 10.6 Å². The van der Waals surface area contributed by atoms with Crippen LogP contribution in [0.3, 0.4) is 0 Å².